The lowest BCUT2D eigenvalue weighted by atomic mass is 10.1. The van der Waals surface area contributed by atoms with Gasteiger partial charge in [-0.25, -0.2) is 14.6 Å². The summed E-state index contributed by atoms with van der Waals surface area (Å²) >= 11 is 0. The number of pyridine rings is 1. The number of aryl methyl sites for hydroxylation is 1. The lowest BCUT2D eigenvalue weighted by Crippen LogP contribution is -2.32. The predicted octanol–water partition coefficient (Wildman–Crippen LogP) is 2.10. The molecule has 3 rings (SSSR count). The Morgan fingerprint density at radius 1 is 1.48 bits per heavy atom. The Morgan fingerprint density at radius 2 is 2.33 bits per heavy atom. The molecular weight excluding hydrogens is 264 g/mol. The van der Waals surface area contributed by atoms with Gasteiger partial charge in [0.2, 0.25) is 0 Å². The fraction of sp³-hybridized carbons (Fsp3) is 0.467. The summed E-state index contributed by atoms with van der Waals surface area (Å²) in [6.07, 6.45) is 3.56. The summed E-state index contributed by atoms with van der Waals surface area (Å²) in [6.45, 7) is 4.96. The van der Waals surface area contributed by atoms with E-state index < -0.39 is 0 Å². The van der Waals surface area contributed by atoms with Crippen molar-refractivity contribution in [3.05, 3.63) is 35.5 Å². The molecule has 1 aliphatic heterocycles. The van der Waals surface area contributed by atoms with Crippen molar-refractivity contribution >= 4 is 5.82 Å². The third-order valence-electron chi connectivity index (χ3n) is 3.66. The van der Waals surface area contributed by atoms with E-state index in [4.69, 9.17) is 5.26 Å². The Morgan fingerprint density at radius 3 is 3.10 bits per heavy atom. The number of nitrogens with zero attached hydrogens (tertiary/aromatic N) is 5. The van der Waals surface area contributed by atoms with Crippen molar-refractivity contribution in [2.75, 3.05) is 5.32 Å². The highest BCUT2D eigenvalue weighted by atomic mass is 15.4. The van der Waals surface area contributed by atoms with Gasteiger partial charge < -0.3 is 5.32 Å². The van der Waals surface area contributed by atoms with Crippen LogP contribution in [0.25, 0.3) is 0 Å². The molecule has 1 atom stereocenters. The fourth-order valence-corrected chi connectivity index (χ4v) is 2.49. The van der Waals surface area contributed by atoms with Crippen LogP contribution < -0.4 is 5.32 Å². The number of rotatable bonds is 3. The molecule has 0 amide bonds. The first-order valence-corrected chi connectivity index (χ1v) is 7.22. The van der Waals surface area contributed by atoms with Crippen LogP contribution in [-0.2, 0) is 13.0 Å². The van der Waals surface area contributed by atoms with Gasteiger partial charge in [-0.3, -0.25) is 0 Å². The van der Waals surface area contributed by atoms with E-state index >= 15 is 0 Å². The summed E-state index contributed by atoms with van der Waals surface area (Å²) in [6, 6.07) is 5.93. The summed E-state index contributed by atoms with van der Waals surface area (Å²) in [7, 11) is 0. The Labute approximate surface area is 123 Å². The molecule has 0 radical (unpaired) electrons. The minimum absolute atomic E-state index is 0.223. The topological polar surface area (TPSA) is 79.4 Å². The Balaban J connectivity index is 1.76. The number of aromatic nitrogens is 4. The number of fused-ring (bicyclic) bond motifs is 1. The van der Waals surface area contributed by atoms with E-state index in [0.29, 0.717) is 17.3 Å². The summed E-state index contributed by atoms with van der Waals surface area (Å²) in [5.74, 6) is 2.95. The zero-order chi connectivity index (χ0) is 14.8. The van der Waals surface area contributed by atoms with Crippen LogP contribution in [0.4, 0.5) is 5.82 Å². The minimum Gasteiger partial charge on any atom is -0.364 e. The molecule has 108 valence electrons. The average molecular weight is 282 g/mol. The highest BCUT2D eigenvalue weighted by Gasteiger charge is 2.23. The third kappa shape index (κ3) is 2.72. The summed E-state index contributed by atoms with van der Waals surface area (Å²) < 4.78 is 1.98. The Hall–Kier alpha value is -2.42. The zero-order valence-corrected chi connectivity index (χ0v) is 12.2. The van der Waals surface area contributed by atoms with E-state index in [1.807, 2.05) is 4.68 Å². The van der Waals surface area contributed by atoms with Crippen molar-refractivity contribution in [1.82, 2.24) is 19.7 Å². The van der Waals surface area contributed by atoms with E-state index in [2.05, 4.69) is 40.3 Å². The molecule has 1 aliphatic rings. The molecule has 2 aromatic rings. The molecule has 0 aliphatic carbocycles. The number of nitrogens with one attached hydrogen (secondary N) is 1. The number of hydrogen-bond donors (Lipinski definition) is 1. The fourth-order valence-electron chi connectivity index (χ4n) is 2.49. The molecule has 1 N–H and O–H groups in total. The van der Waals surface area contributed by atoms with Crippen LogP contribution in [0.3, 0.4) is 0 Å². The van der Waals surface area contributed by atoms with Crippen LogP contribution in [0.2, 0.25) is 0 Å². The van der Waals surface area contributed by atoms with Crippen LogP contribution >= 0.6 is 0 Å². The van der Waals surface area contributed by atoms with Crippen LogP contribution in [0.5, 0.6) is 0 Å². The molecule has 0 saturated carbocycles. The van der Waals surface area contributed by atoms with E-state index in [1.54, 1.807) is 18.3 Å². The van der Waals surface area contributed by atoms with Crippen molar-refractivity contribution in [1.29, 1.82) is 5.26 Å². The van der Waals surface area contributed by atoms with Gasteiger partial charge in [0.15, 0.2) is 5.82 Å². The second kappa shape index (κ2) is 5.52. The van der Waals surface area contributed by atoms with E-state index in [1.165, 1.54) is 0 Å². The van der Waals surface area contributed by atoms with Crippen LogP contribution in [0.1, 0.15) is 43.4 Å². The monoisotopic (exact) mass is 282 g/mol. The Bertz CT molecular complexity index is 682. The lowest BCUT2D eigenvalue weighted by molar-refractivity contribution is 0.439. The number of hydrogen-bond acceptors (Lipinski definition) is 5. The molecule has 0 bridgehead atoms. The standard InChI is InChI=1S/C15H18N6/c1-10(2)14-19-13-6-5-12(9-21(13)20-14)18-15-11(8-16)4-3-7-17-15/h3-4,7,10,12H,5-6,9H2,1-2H3,(H,17,18)/t12-/m1/s1. The van der Waals surface area contributed by atoms with Crippen molar-refractivity contribution in [2.24, 2.45) is 0 Å². The molecular formula is C15H18N6. The van der Waals surface area contributed by atoms with E-state index in [0.717, 1.165) is 31.0 Å². The molecule has 0 saturated heterocycles. The van der Waals surface area contributed by atoms with Gasteiger partial charge in [-0.05, 0) is 18.6 Å². The van der Waals surface area contributed by atoms with Gasteiger partial charge in [0, 0.05) is 24.6 Å². The lowest BCUT2D eigenvalue weighted by Gasteiger charge is -2.24. The van der Waals surface area contributed by atoms with Gasteiger partial charge >= 0.3 is 0 Å². The molecule has 0 aromatic carbocycles. The highest BCUT2D eigenvalue weighted by molar-refractivity contribution is 5.51. The first-order chi connectivity index (χ1) is 10.2. The van der Waals surface area contributed by atoms with Crippen molar-refractivity contribution in [3.63, 3.8) is 0 Å². The first kappa shape index (κ1) is 13.6. The van der Waals surface area contributed by atoms with Crippen LogP contribution in [-0.4, -0.2) is 25.8 Å². The summed E-state index contributed by atoms with van der Waals surface area (Å²) in [5.41, 5.74) is 0.574. The highest BCUT2D eigenvalue weighted by Crippen LogP contribution is 2.20. The van der Waals surface area contributed by atoms with Gasteiger partial charge in [0.05, 0.1) is 12.1 Å². The molecule has 6 heteroatoms. The quantitative estimate of drug-likeness (QED) is 0.932. The molecule has 0 unspecified atom stereocenters. The average Bonchev–Trinajstić information content (AvgIpc) is 2.91. The second-order valence-corrected chi connectivity index (χ2v) is 5.61. The number of anilines is 1. The van der Waals surface area contributed by atoms with Crippen LogP contribution in [0, 0.1) is 11.3 Å². The van der Waals surface area contributed by atoms with Gasteiger partial charge in [-0.2, -0.15) is 10.4 Å². The zero-order valence-electron chi connectivity index (χ0n) is 12.2. The molecule has 21 heavy (non-hydrogen) atoms. The minimum atomic E-state index is 0.223. The van der Waals surface area contributed by atoms with Crippen LogP contribution in [0.15, 0.2) is 18.3 Å². The third-order valence-corrected chi connectivity index (χ3v) is 3.66. The summed E-state index contributed by atoms with van der Waals surface area (Å²) in [5, 5.41) is 17.0. The van der Waals surface area contributed by atoms with Crippen molar-refractivity contribution in [2.45, 2.75) is 45.2 Å². The molecule has 0 fully saturated rings. The van der Waals surface area contributed by atoms with Gasteiger partial charge in [0.1, 0.15) is 17.7 Å². The van der Waals surface area contributed by atoms with Gasteiger partial charge in [-0.1, -0.05) is 13.8 Å². The number of nitriles is 1. The maximum Gasteiger partial charge on any atom is 0.153 e. The summed E-state index contributed by atoms with van der Waals surface area (Å²) in [4.78, 5) is 8.84. The predicted molar refractivity (Wildman–Crippen MR) is 78.8 cm³/mol. The van der Waals surface area contributed by atoms with Crippen molar-refractivity contribution in [3.8, 4) is 6.07 Å². The smallest absolute Gasteiger partial charge is 0.153 e. The molecule has 3 heterocycles. The Kier molecular flexibility index (Phi) is 3.57. The second-order valence-electron chi connectivity index (χ2n) is 5.61. The van der Waals surface area contributed by atoms with E-state index in [-0.39, 0.29) is 6.04 Å². The van der Waals surface area contributed by atoms with Crippen molar-refractivity contribution < 1.29 is 0 Å². The van der Waals surface area contributed by atoms with Gasteiger partial charge in [-0.15, -0.1) is 0 Å². The maximum absolute atomic E-state index is 9.11. The molecule has 2 aromatic heterocycles. The van der Waals surface area contributed by atoms with Gasteiger partial charge in [0.25, 0.3) is 0 Å². The first-order valence-electron chi connectivity index (χ1n) is 7.22. The SMILES string of the molecule is CC(C)c1nc2n(n1)C[C@H](Nc1ncccc1C#N)CC2. The maximum atomic E-state index is 9.11. The largest absolute Gasteiger partial charge is 0.364 e. The normalized spacial score (nSPS) is 17.3. The molecule has 6 nitrogen and oxygen atoms in total. The molecule has 0 spiro atoms. The van der Waals surface area contributed by atoms with E-state index in [9.17, 15) is 0 Å².